The molecule has 0 spiro atoms. The zero-order valence-corrected chi connectivity index (χ0v) is 11.7. The number of nitrogens with one attached hydrogen (secondary N) is 2. The van der Waals surface area contributed by atoms with Crippen LogP contribution in [0, 0.1) is 5.41 Å². The minimum atomic E-state index is -3.50. The Labute approximate surface area is 108 Å². The predicted octanol–water partition coefficient (Wildman–Crippen LogP) is 1.59. The molecule has 6 heteroatoms. The van der Waals surface area contributed by atoms with Gasteiger partial charge in [-0.1, -0.05) is 13.8 Å². The highest BCUT2D eigenvalue weighted by Crippen LogP contribution is 2.45. The third-order valence-electron chi connectivity index (χ3n) is 3.22. The van der Waals surface area contributed by atoms with E-state index in [1.54, 1.807) is 18.3 Å². The van der Waals surface area contributed by atoms with Crippen LogP contribution in [-0.4, -0.2) is 26.0 Å². The smallest absolute Gasteiger partial charge is 0.244 e. The topological polar surface area (TPSA) is 71.1 Å². The van der Waals surface area contributed by atoms with Crippen LogP contribution < -0.4 is 10.0 Å². The van der Waals surface area contributed by atoms with E-state index >= 15 is 0 Å². The van der Waals surface area contributed by atoms with Gasteiger partial charge in [0.15, 0.2) is 0 Å². The summed E-state index contributed by atoms with van der Waals surface area (Å²) in [7, 11) is -3.50. The summed E-state index contributed by atoms with van der Waals surface area (Å²) in [5.41, 5.74) is 0.0631. The van der Waals surface area contributed by atoms with Crippen molar-refractivity contribution in [1.82, 2.24) is 9.71 Å². The molecule has 1 atom stereocenters. The minimum Gasteiger partial charge on any atom is -0.369 e. The number of hydrogen-bond donors (Lipinski definition) is 2. The molecule has 1 aliphatic carbocycles. The fraction of sp³-hybridized carbons (Fsp3) is 0.583. The first-order valence-corrected chi connectivity index (χ1v) is 7.56. The first-order valence-electron chi connectivity index (χ1n) is 6.08. The lowest BCUT2D eigenvalue weighted by molar-refractivity contribution is 0.555. The molecule has 0 amide bonds. The molecule has 1 fully saturated rings. The van der Waals surface area contributed by atoms with Crippen molar-refractivity contribution in [2.75, 3.05) is 11.9 Å². The van der Waals surface area contributed by atoms with E-state index in [1.165, 1.54) is 0 Å². The number of aromatic nitrogens is 1. The van der Waals surface area contributed by atoms with Crippen LogP contribution in [0.4, 0.5) is 5.82 Å². The lowest BCUT2D eigenvalue weighted by Crippen LogP contribution is -2.29. The van der Waals surface area contributed by atoms with Gasteiger partial charge in [-0.15, -0.1) is 0 Å². The summed E-state index contributed by atoms with van der Waals surface area (Å²) in [5, 5.41) is 2.97. The van der Waals surface area contributed by atoms with Crippen LogP contribution in [-0.2, 0) is 10.0 Å². The molecular weight excluding hydrogens is 250 g/mol. The number of rotatable bonds is 5. The molecule has 5 nitrogen and oxygen atoms in total. The maximum atomic E-state index is 12.3. The molecule has 0 radical (unpaired) electrons. The summed E-state index contributed by atoms with van der Waals surface area (Å²) >= 11 is 0. The van der Waals surface area contributed by atoms with Crippen molar-refractivity contribution < 1.29 is 8.42 Å². The molecule has 0 aliphatic heterocycles. The third-order valence-corrected chi connectivity index (χ3v) is 4.72. The van der Waals surface area contributed by atoms with Gasteiger partial charge in [0.2, 0.25) is 10.0 Å². The van der Waals surface area contributed by atoms with Crippen LogP contribution in [0.5, 0.6) is 0 Å². The molecule has 18 heavy (non-hydrogen) atoms. The van der Waals surface area contributed by atoms with Crippen LogP contribution >= 0.6 is 0 Å². The fourth-order valence-electron chi connectivity index (χ4n) is 1.83. The van der Waals surface area contributed by atoms with Gasteiger partial charge < -0.3 is 5.32 Å². The van der Waals surface area contributed by atoms with E-state index in [9.17, 15) is 8.42 Å². The second-order valence-electron chi connectivity index (χ2n) is 5.25. The van der Waals surface area contributed by atoms with Crippen molar-refractivity contribution in [2.24, 2.45) is 5.41 Å². The number of hydrogen-bond acceptors (Lipinski definition) is 4. The standard InChI is InChI=1S/C12H19N3O2S/c1-4-13-11-9(6-5-7-14-11)18(16,17)15-10-8-12(10,2)3/h5-7,10,15H,4,8H2,1-3H3,(H,13,14). The Balaban J connectivity index is 2.24. The first-order chi connectivity index (χ1) is 8.37. The van der Waals surface area contributed by atoms with Gasteiger partial charge in [0, 0.05) is 18.8 Å². The highest BCUT2D eigenvalue weighted by Gasteiger charge is 2.48. The second kappa shape index (κ2) is 4.51. The van der Waals surface area contributed by atoms with E-state index in [-0.39, 0.29) is 16.4 Å². The normalized spacial score (nSPS) is 21.6. The van der Waals surface area contributed by atoms with Crippen molar-refractivity contribution in [2.45, 2.75) is 38.1 Å². The van der Waals surface area contributed by atoms with Gasteiger partial charge in [-0.2, -0.15) is 0 Å². The summed E-state index contributed by atoms with van der Waals surface area (Å²) in [6, 6.07) is 3.23. The van der Waals surface area contributed by atoms with E-state index in [2.05, 4.69) is 28.9 Å². The molecule has 2 N–H and O–H groups in total. The Kier molecular flexibility index (Phi) is 3.33. The predicted molar refractivity (Wildman–Crippen MR) is 70.9 cm³/mol. The van der Waals surface area contributed by atoms with Crippen LogP contribution in [0.15, 0.2) is 23.2 Å². The third kappa shape index (κ3) is 2.64. The molecule has 1 aliphatic rings. The lowest BCUT2D eigenvalue weighted by atomic mass is 10.2. The number of anilines is 1. The van der Waals surface area contributed by atoms with Gasteiger partial charge >= 0.3 is 0 Å². The SMILES string of the molecule is CCNc1ncccc1S(=O)(=O)NC1CC1(C)C. The summed E-state index contributed by atoms with van der Waals surface area (Å²) < 4.78 is 27.3. The number of nitrogens with zero attached hydrogens (tertiary/aromatic N) is 1. The van der Waals surface area contributed by atoms with Gasteiger partial charge in [0.1, 0.15) is 10.7 Å². The van der Waals surface area contributed by atoms with Crippen molar-refractivity contribution >= 4 is 15.8 Å². The Morgan fingerprint density at radius 1 is 1.50 bits per heavy atom. The summed E-state index contributed by atoms with van der Waals surface area (Å²) in [4.78, 5) is 4.29. The Bertz CT molecular complexity index is 540. The fourth-order valence-corrected chi connectivity index (χ4v) is 3.37. The van der Waals surface area contributed by atoms with E-state index in [0.29, 0.717) is 12.4 Å². The molecular formula is C12H19N3O2S. The molecule has 1 aromatic heterocycles. The Hall–Kier alpha value is -1.14. The summed E-state index contributed by atoms with van der Waals surface area (Å²) in [5.74, 6) is 0.408. The Morgan fingerprint density at radius 3 is 2.72 bits per heavy atom. The maximum Gasteiger partial charge on any atom is 0.244 e. The van der Waals surface area contributed by atoms with Crippen LogP contribution in [0.25, 0.3) is 0 Å². The molecule has 0 saturated heterocycles. The first kappa shape index (κ1) is 13.3. The molecule has 0 aromatic carbocycles. The van der Waals surface area contributed by atoms with Gasteiger partial charge in [-0.3, -0.25) is 0 Å². The van der Waals surface area contributed by atoms with E-state index in [4.69, 9.17) is 0 Å². The molecule has 1 aromatic rings. The highest BCUT2D eigenvalue weighted by molar-refractivity contribution is 7.89. The van der Waals surface area contributed by atoms with Crippen molar-refractivity contribution in [3.8, 4) is 0 Å². The molecule has 1 saturated carbocycles. The van der Waals surface area contributed by atoms with E-state index in [0.717, 1.165) is 6.42 Å². The van der Waals surface area contributed by atoms with Gasteiger partial charge in [-0.05, 0) is 30.9 Å². The quantitative estimate of drug-likeness (QED) is 0.851. The molecule has 0 bridgehead atoms. The monoisotopic (exact) mass is 269 g/mol. The van der Waals surface area contributed by atoms with Crippen molar-refractivity contribution in [3.63, 3.8) is 0 Å². The summed E-state index contributed by atoms with van der Waals surface area (Å²) in [6.07, 6.45) is 2.46. The average Bonchev–Trinajstić information content (AvgIpc) is 2.86. The minimum absolute atomic E-state index is 0.0252. The zero-order chi connectivity index (χ0) is 13.4. The molecule has 2 rings (SSSR count). The van der Waals surface area contributed by atoms with E-state index < -0.39 is 10.0 Å². The van der Waals surface area contributed by atoms with Crippen molar-refractivity contribution in [3.05, 3.63) is 18.3 Å². The highest BCUT2D eigenvalue weighted by atomic mass is 32.2. The summed E-state index contributed by atoms with van der Waals surface area (Å²) in [6.45, 7) is 6.64. The van der Waals surface area contributed by atoms with Crippen LogP contribution in [0.2, 0.25) is 0 Å². The maximum absolute atomic E-state index is 12.3. The lowest BCUT2D eigenvalue weighted by Gasteiger charge is -2.12. The number of sulfonamides is 1. The average molecular weight is 269 g/mol. The van der Waals surface area contributed by atoms with E-state index in [1.807, 2.05) is 6.92 Å². The molecule has 100 valence electrons. The zero-order valence-electron chi connectivity index (χ0n) is 10.9. The van der Waals surface area contributed by atoms with Gasteiger partial charge in [0.05, 0.1) is 0 Å². The largest absolute Gasteiger partial charge is 0.369 e. The molecule has 1 heterocycles. The second-order valence-corrected chi connectivity index (χ2v) is 6.93. The van der Waals surface area contributed by atoms with Crippen LogP contribution in [0.1, 0.15) is 27.2 Å². The number of pyridine rings is 1. The molecule has 1 unspecified atom stereocenters. The Morgan fingerprint density at radius 2 is 2.17 bits per heavy atom. The van der Waals surface area contributed by atoms with Crippen molar-refractivity contribution in [1.29, 1.82) is 0 Å². The van der Waals surface area contributed by atoms with Gasteiger partial charge in [-0.25, -0.2) is 18.1 Å². The van der Waals surface area contributed by atoms with Gasteiger partial charge in [0.25, 0.3) is 0 Å². The van der Waals surface area contributed by atoms with Crippen LogP contribution in [0.3, 0.4) is 0 Å².